The number of ketones is 1. The number of benzene rings is 3. The summed E-state index contributed by atoms with van der Waals surface area (Å²) in [5, 5.41) is 11.2. The van der Waals surface area contributed by atoms with Crippen LogP contribution in [0.15, 0.2) is 82.8 Å². The maximum absolute atomic E-state index is 13.1. The first kappa shape index (κ1) is 20.9. The molecule has 0 saturated carbocycles. The van der Waals surface area contributed by atoms with E-state index in [1.54, 1.807) is 37.4 Å². The smallest absolute Gasteiger partial charge is 0.300 e. The van der Waals surface area contributed by atoms with E-state index in [1.165, 1.54) is 4.90 Å². The summed E-state index contributed by atoms with van der Waals surface area (Å²) in [7, 11) is 1.54. The number of aliphatic hydroxyl groups excluding tert-OH is 1. The van der Waals surface area contributed by atoms with E-state index in [0.29, 0.717) is 21.5 Å². The SMILES string of the molecule is COc1ccc(/C(O)=C2/C(=O)C(=O)N(c3ccc(C)cc3)C2c2ccccc2)cc1Br. The minimum atomic E-state index is -0.746. The Labute approximate surface area is 188 Å². The van der Waals surface area contributed by atoms with Crippen molar-refractivity contribution in [2.24, 2.45) is 0 Å². The maximum Gasteiger partial charge on any atom is 0.300 e. The number of aliphatic hydroxyl groups is 1. The van der Waals surface area contributed by atoms with Gasteiger partial charge in [0.2, 0.25) is 0 Å². The fourth-order valence-corrected chi connectivity index (χ4v) is 4.26. The van der Waals surface area contributed by atoms with Crippen molar-refractivity contribution in [3.63, 3.8) is 0 Å². The summed E-state index contributed by atoms with van der Waals surface area (Å²) in [4.78, 5) is 27.7. The highest BCUT2D eigenvalue weighted by Gasteiger charge is 2.46. The maximum atomic E-state index is 13.1. The minimum Gasteiger partial charge on any atom is -0.507 e. The molecule has 6 heteroatoms. The number of aryl methyl sites for hydroxylation is 1. The summed E-state index contributed by atoms with van der Waals surface area (Å²) in [6, 6.07) is 20.9. The molecule has 5 nitrogen and oxygen atoms in total. The van der Waals surface area contributed by atoms with Crippen LogP contribution in [-0.4, -0.2) is 23.9 Å². The molecular formula is C25H20BrNO4. The van der Waals surface area contributed by atoms with E-state index in [1.807, 2.05) is 49.4 Å². The molecule has 0 aliphatic carbocycles. The van der Waals surface area contributed by atoms with Gasteiger partial charge in [0, 0.05) is 11.3 Å². The molecule has 1 atom stereocenters. The van der Waals surface area contributed by atoms with Gasteiger partial charge in [-0.3, -0.25) is 14.5 Å². The fourth-order valence-electron chi connectivity index (χ4n) is 3.72. The van der Waals surface area contributed by atoms with Crippen LogP contribution < -0.4 is 9.64 Å². The molecule has 3 aromatic rings. The fraction of sp³-hybridized carbons (Fsp3) is 0.120. The summed E-state index contributed by atoms with van der Waals surface area (Å²) in [5.41, 5.74) is 2.83. The Morgan fingerprint density at radius 1 is 1.00 bits per heavy atom. The molecule has 1 amide bonds. The van der Waals surface area contributed by atoms with Crippen molar-refractivity contribution in [3.8, 4) is 5.75 Å². The monoisotopic (exact) mass is 477 g/mol. The molecule has 0 aromatic heterocycles. The van der Waals surface area contributed by atoms with Gasteiger partial charge in [-0.1, -0.05) is 48.0 Å². The van der Waals surface area contributed by atoms with E-state index in [-0.39, 0.29) is 11.3 Å². The van der Waals surface area contributed by atoms with Gasteiger partial charge in [0.05, 0.1) is 23.2 Å². The Kier molecular flexibility index (Phi) is 5.65. The molecule has 3 aromatic carbocycles. The molecular weight excluding hydrogens is 458 g/mol. The molecule has 4 rings (SSSR count). The predicted octanol–water partition coefficient (Wildman–Crippen LogP) is 5.39. The summed E-state index contributed by atoms with van der Waals surface area (Å²) in [6.45, 7) is 1.95. The number of anilines is 1. The van der Waals surface area contributed by atoms with Gasteiger partial charge in [0.15, 0.2) is 0 Å². The Morgan fingerprint density at radius 3 is 2.29 bits per heavy atom. The number of hydrogen-bond acceptors (Lipinski definition) is 4. The lowest BCUT2D eigenvalue weighted by Gasteiger charge is -2.25. The van der Waals surface area contributed by atoms with Crippen molar-refractivity contribution in [2.75, 3.05) is 12.0 Å². The van der Waals surface area contributed by atoms with Gasteiger partial charge >= 0.3 is 0 Å². The van der Waals surface area contributed by atoms with Gasteiger partial charge in [0.25, 0.3) is 11.7 Å². The third-order valence-corrected chi connectivity index (χ3v) is 5.92. The summed E-state index contributed by atoms with van der Waals surface area (Å²) >= 11 is 3.41. The first-order chi connectivity index (χ1) is 14.9. The molecule has 0 spiro atoms. The lowest BCUT2D eigenvalue weighted by Crippen LogP contribution is -2.29. The second kappa shape index (κ2) is 8.40. The molecule has 1 N–H and O–H groups in total. The van der Waals surface area contributed by atoms with E-state index < -0.39 is 17.7 Å². The number of rotatable bonds is 4. The Hall–Kier alpha value is -3.38. The van der Waals surface area contributed by atoms with Gasteiger partial charge in [-0.05, 0) is 58.7 Å². The number of carbonyl (C=O) groups excluding carboxylic acids is 2. The number of ether oxygens (including phenoxy) is 1. The highest BCUT2D eigenvalue weighted by molar-refractivity contribution is 9.10. The first-order valence-electron chi connectivity index (χ1n) is 9.69. The van der Waals surface area contributed by atoms with Gasteiger partial charge in [0.1, 0.15) is 11.5 Å². The number of halogens is 1. The van der Waals surface area contributed by atoms with Crippen LogP contribution in [0.5, 0.6) is 5.75 Å². The summed E-state index contributed by atoms with van der Waals surface area (Å²) in [6.07, 6.45) is 0. The van der Waals surface area contributed by atoms with Crippen LogP contribution in [0, 0.1) is 6.92 Å². The molecule has 1 aliphatic rings. The third-order valence-electron chi connectivity index (χ3n) is 5.30. The van der Waals surface area contributed by atoms with Gasteiger partial charge < -0.3 is 9.84 Å². The number of methoxy groups -OCH3 is 1. The van der Waals surface area contributed by atoms with E-state index in [2.05, 4.69) is 15.9 Å². The largest absolute Gasteiger partial charge is 0.507 e. The van der Waals surface area contributed by atoms with Crippen LogP contribution in [0.1, 0.15) is 22.7 Å². The topological polar surface area (TPSA) is 66.8 Å². The second-order valence-electron chi connectivity index (χ2n) is 7.26. The molecule has 31 heavy (non-hydrogen) atoms. The average Bonchev–Trinajstić information content (AvgIpc) is 3.05. The number of amides is 1. The minimum absolute atomic E-state index is 0.0499. The number of hydrogen-bond donors (Lipinski definition) is 1. The Morgan fingerprint density at radius 2 is 1.68 bits per heavy atom. The Bertz CT molecular complexity index is 1190. The standard InChI is InChI=1S/C25H20BrNO4/c1-15-8-11-18(12-9-15)27-22(16-6-4-3-5-7-16)21(24(29)25(27)30)23(28)17-10-13-20(31-2)19(26)14-17/h3-14,22,28H,1-2H3/b23-21-. The second-order valence-corrected chi connectivity index (χ2v) is 8.12. The number of carbonyl (C=O) groups is 2. The average molecular weight is 478 g/mol. The van der Waals surface area contributed by atoms with Crippen molar-refractivity contribution in [2.45, 2.75) is 13.0 Å². The van der Waals surface area contributed by atoms with Crippen LogP contribution in [0.4, 0.5) is 5.69 Å². The molecule has 1 heterocycles. The van der Waals surface area contributed by atoms with Crippen LogP contribution >= 0.6 is 15.9 Å². The van der Waals surface area contributed by atoms with Crippen molar-refractivity contribution in [3.05, 3.63) is 99.5 Å². The van der Waals surface area contributed by atoms with Crippen LogP contribution in [-0.2, 0) is 9.59 Å². The van der Waals surface area contributed by atoms with E-state index >= 15 is 0 Å². The summed E-state index contributed by atoms with van der Waals surface area (Å²) in [5.74, 6) is -1.04. The van der Waals surface area contributed by atoms with E-state index in [0.717, 1.165) is 11.1 Å². The van der Waals surface area contributed by atoms with Crippen LogP contribution in [0.2, 0.25) is 0 Å². The summed E-state index contributed by atoms with van der Waals surface area (Å²) < 4.78 is 5.87. The van der Waals surface area contributed by atoms with Gasteiger partial charge in [-0.2, -0.15) is 0 Å². The quantitative estimate of drug-likeness (QED) is 0.310. The highest BCUT2D eigenvalue weighted by atomic mass is 79.9. The molecule has 1 saturated heterocycles. The van der Waals surface area contributed by atoms with E-state index in [9.17, 15) is 14.7 Å². The van der Waals surface area contributed by atoms with E-state index in [4.69, 9.17) is 4.74 Å². The molecule has 0 bridgehead atoms. The van der Waals surface area contributed by atoms with Crippen molar-refractivity contribution in [1.82, 2.24) is 0 Å². The zero-order valence-corrected chi connectivity index (χ0v) is 18.6. The normalized spacial score (nSPS) is 17.8. The lowest BCUT2D eigenvalue weighted by molar-refractivity contribution is -0.132. The van der Waals surface area contributed by atoms with Crippen molar-refractivity contribution in [1.29, 1.82) is 0 Å². The highest BCUT2D eigenvalue weighted by Crippen LogP contribution is 2.42. The number of Topliss-reactive ketones (excluding diaryl/α,β-unsaturated/α-hetero) is 1. The Balaban J connectivity index is 1.92. The lowest BCUT2D eigenvalue weighted by atomic mass is 9.95. The molecule has 1 aliphatic heterocycles. The molecule has 0 radical (unpaired) electrons. The molecule has 1 fully saturated rings. The zero-order chi connectivity index (χ0) is 22.1. The first-order valence-corrected chi connectivity index (χ1v) is 10.5. The van der Waals surface area contributed by atoms with Crippen LogP contribution in [0.25, 0.3) is 5.76 Å². The molecule has 1 unspecified atom stereocenters. The van der Waals surface area contributed by atoms with Gasteiger partial charge in [-0.15, -0.1) is 0 Å². The van der Waals surface area contributed by atoms with Crippen molar-refractivity contribution >= 4 is 39.1 Å². The third kappa shape index (κ3) is 3.75. The van der Waals surface area contributed by atoms with Gasteiger partial charge in [-0.25, -0.2) is 0 Å². The predicted molar refractivity (Wildman–Crippen MR) is 123 cm³/mol. The molecule has 156 valence electrons. The number of nitrogens with zero attached hydrogens (tertiary/aromatic N) is 1. The van der Waals surface area contributed by atoms with Crippen molar-refractivity contribution < 1.29 is 19.4 Å². The van der Waals surface area contributed by atoms with Crippen LogP contribution in [0.3, 0.4) is 0 Å². The zero-order valence-electron chi connectivity index (χ0n) is 17.0.